The molecule has 0 radical (unpaired) electrons. The highest BCUT2D eigenvalue weighted by molar-refractivity contribution is 4.95. The molecule has 0 aromatic rings. The van der Waals surface area contributed by atoms with Gasteiger partial charge >= 0.3 is 0 Å². The van der Waals surface area contributed by atoms with Crippen LogP contribution in [0.15, 0.2) is 12.2 Å². The minimum atomic E-state index is 0.319. The Bertz CT molecular complexity index is 123. The average Bonchev–Trinajstić information content (AvgIpc) is 1.81. The van der Waals surface area contributed by atoms with Gasteiger partial charge in [-0.3, -0.25) is 0 Å². The Labute approximate surface area is 71.1 Å². The second kappa shape index (κ2) is 4.55. The quantitative estimate of drug-likeness (QED) is 0.564. The monoisotopic (exact) mass is 155 g/mol. The molecule has 0 N–H and O–H groups in total. The van der Waals surface area contributed by atoms with E-state index in [0.717, 1.165) is 13.0 Å². The standard InChI is InChI=1S/C10H21N/c1-6-7-8-10(2,3)9-11(4)5/h7-8H,6,9H2,1-5H3/b8-7+. The maximum absolute atomic E-state index is 2.30. The smallest absolute Gasteiger partial charge is 0.00612 e. The zero-order chi connectivity index (χ0) is 8.91. The number of hydrogen-bond acceptors (Lipinski definition) is 1. The summed E-state index contributed by atoms with van der Waals surface area (Å²) in [7, 11) is 4.23. The maximum Gasteiger partial charge on any atom is 0.00612 e. The second-order valence-electron chi connectivity index (χ2n) is 4.04. The average molecular weight is 155 g/mol. The minimum Gasteiger partial charge on any atom is -0.309 e. The van der Waals surface area contributed by atoms with Gasteiger partial charge in [-0.1, -0.05) is 32.9 Å². The molecule has 0 fully saturated rings. The third-order valence-corrected chi connectivity index (χ3v) is 1.53. The van der Waals surface area contributed by atoms with Gasteiger partial charge in [-0.05, 0) is 25.9 Å². The molecule has 0 aliphatic rings. The van der Waals surface area contributed by atoms with E-state index in [9.17, 15) is 0 Å². The van der Waals surface area contributed by atoms with Crippen LogP contribution in [0, 0.1) is 5.41 Å². The first-order valence-corrected chi connectivity index (χ1v) is 4.30. The first-order chi connectivity index (χ1) is 4.98. The van der Waals surface area contributed by atoms with Crippen molar-refractivity contribution in [1.29, 1.82) is 0 Å². The summed E-state index contributed by atoms with van der Waals surface area (Å²) in [5.74, 6) is 0. The molecule has 0 aromatic heterocycles. The normalized spacial score (nSPS) is 13.3. The predicted octanol–water partition coefficient (Wildman–Crippen LogP) is 2.54. The first-order valence-electron chi connectivity index (χ1n) is 4.30. The Balaban J connectivity index is 3.89. The highest BCUT2D eigenvalue weighted by Crippen LogP contribution is 2.17. The third-order valence-electron chi connectivity index (χ3n) is 1.53. The van der Waals surface area contributed by atoms with Crippen LogP contribution in [0.2, 0.25) is 0 Å². The first kappa shape index (κ1) is 10.7. The Morgan fingerprint density at radius 2 is 1.82 bits per heavy atom. The molecule has 66 valence electrons. The Morgan fingerprint density at radius 3 is 2.18 bits per heavy atom. The molecule has 0 unspecified atom stereocenters. The predicted molar refractivity (Wildman–Crippen MR) is 51.8 cm³/mol. The fraction of sp³-hybridized carbons (Fsp3) is 0.800. The lowest BCUT2D eigenvalue weighted by Gasteiger charge is -2.24. The van der Waals surface area contributed by atoms with Gasteiger partial charge in [0.15, 0.2) is 0 Å². The zero-order valence-corrected chi connectivity index (χ0v) is 8.52. The van der Waals surface area contributed by atoms with Crippen molar-refractivity contribution in [1.82, 2.24) is 4.90 Å². The minimum absolute atomic E-state index is 0.319. The Hall–Kier alpha value is -0.300. The highest BCUT2D eigenvalue weighted by atomic mass is 15.1. The van der Waals surface area contributed by atoms with Crippen LogP contribution in [0.4, 0.5) is 0 Å². The van der Waals surface area contributed by atoms with E-state index in [1.165, 1.54) is 0 Å². The molecule has 0 aliphatic heterocycles. The van der Waals surface area contributed by atoms with E-state index in [-0.39, 0.29) is 0 Å². The molecular weight excluding hydrogens is 134 g/mol. The van der Waals surface area contributed by atoms with Crippen LogP contribution in [0.5, 0.6) is 0 Å². The lowest BCUT2D eigenvalue weighted by Crippen LogP contribution is -2.26. The number of rotatable bonds is 4. The summed E-state index contributed by atoms with van der Waals surface area (Å²) in [6.07, 6.45) is 5.67. The van der Waals surface area contributed by atoms with Gasteiger partial charge in [-0.15, -0.1) is 0 Å². The summed E-state index contributed by atoms with van der Waals surface area (Å²) in [6, 6.07) is 0. The van der Waals surface area contributed by atoms with Crippen LogP contribution in [0.1, 0.15) is 27.2 Å². The number of nitrogens with zero attached hydrogens (tertiary/aromatic N) is 1. The molecule has 0 bridgehead atoms. The Morgan fingerprint density at radius 1 is 1.27 bits per heavy atom. The van der Waals surface area contributed by atoms with E-state index in [4.69, 9.17) is 0 Å². The van der Waals surface area contributed by atoms with E-state index < -0.39 is 0 Å². The van der Waals surface area contributed by atoms with Crippen molar-refractivity contribution in [2.24, 2.45) is 5.41 Å². The summed E-state index contributed by atoms with van der Waals surface area (Å²) < 4.78 is 0. The third kappa shape index (κ3) is 6.11. The van der Waals surface area contributed by atoms with Crippen LogP contribution in [-0.2, 0) is 0 Å². The fourth-order valence-corrected chi connectivity index (χ4v) is 1.30. The largest absolute Gasteiger partial charge is 0.309 e. The summed E-state index contributed by atoms with van der Waals surface area (Å²) in [4.78, 5) is 2.22. The lowest BCUT2D eigenvalue weighted by atomic mass is 9.92. The molecule has 0 aliphatic carbocycles. The van der Waals surface area contributed by atoms with Crippen molar-refractivity contribution in [2.45, 2.75) is 27.2 Å². The van der Waals surface area contributed by atoms with Crippen LogP contribution in [0.3, 0.4) is 0 Å². The van der Waals surface area contributed by atoms with Gasteiger partial charge in [0.25, 0.3) is 0 Å². The maximum atomic E-state index is 2.30. The van der Waals surface area contributed by atoms with E-state index in [0.29, 0.717) is 5.41 Å². The summed E-state index contributed by atoms with van der Waals surface area (Å²) in [5.41, 5.74) is 0.319. The van der Waals surface area contributed by atoms with Gasteiger partial charge in [0.1, 0.15) is 0 Å². The van der Waals surface area contributed by atoms with Crippen molar-refractivity contribution in [3.05, 3.63) is 12.2 Å². The van der Waals surface area contributed by atoms with Crippen molar-refractivity contribution in [3.63, 3.8) is 0 Å². The van der Waals surface area contributed by atoms with Gasteiger partial charge in [0.2, 0.25) is 0 Å². The number of hydrogen-bond donors (Lipinski definition) is 0. The van der Waals surface area contributed by atoms with Crippen molar-refractivity contribution in [3.8, 4) is 0 Å². The molecule has 11 heavy (non-hydrogen) atoms. The van der Waals surface area contributed by atoms with Gasteiger partial charge < -0.3 is 4.90 Å². The fourth-order valence-electron chi connectivity index (χ4n) is 1.30. The molecule has 0 amide bonds. The zero-order valence-electron chi connectivity index (χ0n) is 8.52. The molecule has 0 spiro atoms. The summed E-state index contributed by atoms with van der Waals surface area (Å²) >= 11 is 0. The Kier molecular flexibility index (Phi) is 4.43. The molecule has 0 heterocycles. The van der Waals surface area contributed by atoms with E-state index in [1.807, 2.05) is 0 Å². The molecule has 0 atom stereocenters. The van der Waals surface area contributed by atoms with E-state index in [1.54, 1.807) is 0 Å². The van der Waals surface area contributed by atoms with Crippen LogP contribution in [-0.4, -0.2) is 25.5 Å². The molecule has 0 rings (SSSR count). The van der Waals surface area contributed by atoms with Crippen LogP contribution < -0.4 is 0 Å². The van der Waals surface area contributed by atoms with E-state index >= 15 is 0 Å². The van der Waals surface area contributed by atoms with Crippen molar-refractivity contribution >= 4 is 0 Å². The van der Waals surface area contributed by atoms with Crippen LogP contribution >= 0.6 is 0 Å². The van der Waals surface area contributed by atoms with Crippen molar-refractivity contribution in [2.75, 3.05) is 20.6 Å². The molecular formula is C10H21N. The van der Waals surface area contributed by atoms with Gasteiger partial charge in [0.05, 0.1) is 0 Å². The molecule has 0 saturated heterocycles. The molecule has 0 aromatic carbocycles. The SMILES string of the molecule is CC/C=C/C(C)(C)CN(C)C. The van der Waals surface area contributed by atoms with Gasteiger partial charge in [-0.25, -0.2) is 0 Å². The molecule has 0 saturated carbocycles. The van der Waals surface area contributed by atoms with Gasteiger partial charge in [-0.2, -0.15) is 0 Å². The number of allylic oxidation sites excluding steroid dienone is 1. The van der Waals surface area contributed by atoms with Crippen molar-refractivity contribution < 1.29 is 0 Å². The second-order valence-corrected chi connectivity index (χ2v) is 4.04. The van der Waals surface area contributed by atoms with Gasteiger partial charge in [0, 0.05) is 6.54 Å². The van der Waals surface area contributed by atoms with E-state index in [2.05, 4.69) is 51.9 Å². The molecule has 1 nitrogen and oxygen atoms in total. The lowest BCUT2D eigenvalue weighted by molar-refractivity contribution is 0.293. The summed E-state index contributed by atoms with van der Waals surface area (Å²) in [5, 5.41) is 0. The molecule has 1 heteroatoms. The summed E-state index contributed by atoms with van der Waals surface area (Å²) in [6.45, 7) is 7.81. The topological polar surface area (TPSA) is 3.24 Å². The highest BCUT2D eigenvalue weighted by Gasteiger charge is 2.13. The van der Waals surface area contributed by atoms with Crippen LogP contribution in [0.25, 0.3) is 0 Å².